The summed E-state index contributed by atoms with van der Waals surface area (Å²) >= 11 is 0. The summed E-state index contributed by atoms with van der Waals surface area (Å²) in [7, 11) is 0. The van der Waals surface area contributed by atoms with Crippen LogP contribution >= 0.6 is 0 Å². The van der Waals surface area contributed by atoms with E-state index in [2.05, 4.69) is 36.4 Å². The minimum Gasteiger partial charge on any atom is -0.0616 e. The van der Waals surface area contributed by atoms with E-state index in [-0.39, 0.29) is 0 Å². The molecular weight excluding hydrogens is 192 g/mol. The SMILES string of the molecule is C1=Cc2ccccc21.C1CC(C2CCC2)C1. The Bertz CT molecular complexity index is 344. The molecule has 3 aliphatic carbocycles. The van der Waals surface area contributed by atoms with Crippen LogP contribution in [0.2, 0.25) is 0 Å². The maximum absolute atomic E-state index is 2.12. The predicted molar refractivity (Wildman–Crippen MR) is 70.1 cm³/mol. The first-order valence-electron chi connectivity index (χ1n) is 6.70. The summed E-state index contributed by atoms with van der Waals surface area (Å²) in [6, 6.07) is 8.36. The van der Waals surface area contributed by atoms with Gasteiger partial charge in [-0.2, -0.15) is 0 Å². The third kappa shape index (κ3) is 1.93. The van der Waals surface area contributed by atoms with Gasteiger partial charge in [-0.25, -0.2) is 0 Å². The zero-order chi connectivity index (χ0) is 10.8. The molecule has 0 heteroatoms. The van der Waals surface area contributed by atoms with E-state index in [1.165, 1.54) is 35.8 Å². The van der Waals surface area contributed by atoms with Crippen molar-refractivity contribution in [1.29, 1.82) is 0 Å². The van der Waals surface area contributed by atoms with Crippen molar-refractivity contribution in [2.24, 2.45) is 11.8 Å². The monoisotopic (exact) mass is 212 g/mol. The van der Waals surface area contributed by atoms with Gasteiger partial charge in [0, 0.05) is 0 Å². The maximum Gasteiger partial charge on any atom is -0.0184 e. The lowest BCUT2D eigenvalue weighted by Gasteiger charge is -2.39. The molecule has 0 atom stereocenters. The van der Waals surface area contributed by atoms with Crippen LogP contribution in [0.5, 0.6) is 0 Å². The van der Waals surface area contributed by atoms with Gasteiger partial charge in [0.05, 0.1) is 0 Å². The number of rotatable bonds is 1. The molecule has 0 N–H and O–H groups in total. The molecule has 3 aliphatic rings. The molecule has 0 aromatic heterocycles. The molecule has 0 nitrogen and oxygen atoms in total. The first-order chi connectivity index (χ1) is 7.93. The van der Waals surface area contributed by atoms with Gasteiger partial charge in [-0.1, -0.05) is 74.9 Å². The van der Waals surface area contributed by atoms with E-state index in [0.717, 1.165) is 0 Å². The molecule has 0 bridgehead atoms. The van der Waals surface area contributed by atoms with Gasteiger partial charge in [0.1, 0.15) is 0 Å². The minimum absolute atomic E-state index is 1.18. The van der Waals surface area contributed by atoms with Crippen molar-refractivity contribution in [3.8, 4) is 0 Å². The summed E-state index contributed by atoms with van der Waals surface area (Å²) in [5.41, 5.74) is 2.74. The average Bonchev–Trinajstić information content (AvgIpc) is 2.12. The summed E-state index contributed by atoms with van der Waals surface area (Å²) in [6.07, 6.45) is 13.5. The smallest absolute Gasteiger partial charge is 0.0184 e. The van der Waals surface area contributed by atoms with Gasteiger partial charge in [0.15, 0.2) is 0 Å². The Balaban J connectivity index is 0.000000101. The second-order valence-corrected chi connectivity index (χ2v) is 5.34. The molecule has 0 spiro atoms. The van der Waals surface area contributed by atoms with Crippen LogP contribution in [0.4, 0.5) is 0 Å². The molecule has 1 aromatic rings. The lowest BCUT2D eigenvalue weighted by atomic mass is 9.67. The summed E-state index contributed by atoms with van der Waals surface area (Å²) in [4.78, 5) is 0. The number of benzene rings is 1. The molecule has 0 aliphatic heterocycles. The number of hydrogen-bond donors (Lipinski definition) is 0. The molecule has 2 saturated carbocycles. The van der Waals surface area contributed by atoms with E-state index in [0.29, 0.717) is 0 Å². The van der Waals surface area contributed by atoms with E-state index in [1.807, 2.05) is 0 Å². The first-order valence-corrected chi connectivity index (χ1v) is 6.70. The lowest BCUT2D eigenvalue weighted by Crippen LogP contribution is -2.26. The van der Waals surface area contributed by atoms with Crippen LogP contribution in [0.1, 0.15) is 49.7 Å². The largest absolute Gasteiger partial charge is 0.0616 e. The predicted octanol–water partition coefficient (Wildman–Crippen LogP) is 4.76. The van der Waals surface area contributed by atoms with Crippen molar-refractivity contribution in [2.45, 2.75) is 38.5 Å². The third-order valence-corrected chi connectivity index (χ3v) is 4.40. The molecule has 1 aromatic carbocycles. The molecule has 0 amide bonds. The fourth-order valence-electron chi connectivity index (χ4n) is 2.72. The maximum atomic E-state index is 2.12. The van der Waals surface area contributed by atoms with Gasteiger partial charge in [-0.3, -0.25) is 0 Å². The van der Waals surface area contributed by atoms with Crippen molar-refractivity contribution in [3.63, 3.8) is 0 Å². The molecule has 2 fully saturated rings. The zero-order valence-electron chi connectivity index (χ0n) is 9.86. The van der Waals surface area contributed by atoms with Crippen molar-refractivity contribution in [3.05, 3.63) is 35.4 Å². The molecule has 0 heterocycles. The third-order valence-electron chi connectivity index (χ3n) is 4.40. The van der Waals surface area contributed by atoms with Crippen LogP contribution in [0, 0.1) is 11.8 Å². The van der Waals surface area contributed by atoms with Crippen LogP contribution in [-0.2, 0) is 0 Å². The van der Waals surface area contributed by atoms with Crippen LogP contribution in [-0.4, -0.2) is 0 Å². The van der Waals surface area contributed by atoms with E-state index in [9.17, 15) is 0 Å². The lowest BCUT2D eigenvalue weighted by molar-refractivity contribution is 0.129. The highest BCUT2D eigenvalue weighted by Crippen LogP contribution is 2.43. The van der Waals surface area contributed by atoms with Crippen LogP contribution in [0.25, 0.3) is 12.2 Å². The highest BCUT2D eigenvalue weighted by molar-refractivity contribution is 5.85. The molecule has 4 rings (SSSR count). The summed E-state index contributed by atoms with van der Waals surface area (Å²) < 4.78 is 0. The van der Waals surface area contributed by atoms with Crippen LogP contribution in [0.3, 0.4) is 0 Å². The number of hydrogen-bond acceptors (Lipinski definition) is 0. The van der Waals surface area contributed by atoms with Crippen LogP contribution < -0.4 is 0 Å². The quantitative estimate of drug-likeness (QED) is 0.639. The average molecular weight is 212 g/mol. The Kier molecular flexibility index (Phi) is 2.82. The van der Waals surface area contributed by atoms with Gasteiger partial charge in [0.25, 0.3) is 0 Å². The molecule has 0 radical (unpaired) electrons. The van der Waals surface area contributed by atoms with E-state index < -0.39 is 0 Å². The van der Waals surface area contributed by atoms with Gasteiger partial charge >= 0.3 is 0 Å². The Morgan fingerprint density at radius 1 is 0.688 bits per heavy atom. The molecule has 16 heavy (non-hydrogen) atoms. The van der Waals surface area contributed by atoms with Gasteiger partial charge < -0.3 is 0 Å². The second-order valence-electron chi connectivity index (χ2n) is 5.34. The molecular formula is C16H20. The fraction of sp³-hybridized carbons (Fsp3) is 0.500. The number of fused-ring (bicyclic) bond motifs is 1. The Morgan fingerprint density at radius 2 is 1.12 bits per heavy atom. The van der Waals surface area contributed by atoms with E-state index >= 15 is 0 Å². The first kappa shape index (κ1) is 10.1. The Morgan fingerprint density at radius 3 is 1.31 bits per heavy atom. The highest BCUT2D eigenvalue weighted by Gasteiger charge is 2.30. The molecule has 0 unspecified atom stereocenters. The van der Waals surface area contributed by atoms with Gasteiger partial charge in [-0.05, 0) is 23.0 Å². The Labute approximate surface area is 98.4 Å². The fourth-order valence-corrected chi connectivity index (χ4v) is 2.72. The van der Waals surface area contributed by atoms with E-state index in [4.69, 9.17) is 0 Å². The van der Waals surface area contributed by atoms with Crippen LogP contribution in [0.15, 0.2) is 24.3 Å². The van der Waals surface area contributed by atoms with Crippen molar-refractivity contribution < 1.29 is 0 Å². The topological polar surface area (TPSA) is 0 Å². The summed E-state index contributed by atoms with van der Waals surface area (Å²) in [5.74, 6) is 2.37. The minimum atomic E-state index is 1.18. The molecule has 0 saturated heterocycles. The molecule has 84 valence electrons. The van der Waals surface area contributed by atoms with Gasteiger partial charge in [0.2, 0.25) is 0 Å². The second kappa shape index (κ2) is 4.45. The summed E-state index contributed by atoms with van der Waals surface area (Å²) in [6.45, 7) is 0. The summed E-state index contributed by atoms with van der Waals surface area (Å²) in [5, 5.41) is 0. The van der Waals surface area contributed by atoms with Crippen molar-refractivity contribution in [2.75, 3.05) is 0 Å². The van der Waals surface area contributed by atoms with Crippen molar-refractivity contribution in [1.82, 2.24) is 0 Å². The normalized spacial score (nSPS) is 22.0. The Hall–Kier alpha value is -1.04. The zero-order valence-corrected chi connectivity index (χ0v) is 9.86. The standard InChI is InChI=1S/C8H14.C8H6/c1-3-7(4-1)8-5-2-6-8;1-2-4-8-6-5-7(8)3-1/h7-8H,1-6H2;1-6H. The van der Waals surface area contributed by atoms with E-state index in [1.54, 1.807) is 25.7 Å². The van der Waals surface area contributed by atoms with Gasteiger partial charge in [-0.15, -0.1) is 0 Å². The van der Waals surface area contributed by atoms with Crippen molar-refractivity contribution >= 4 is 12.2 Å². The highest BCUT2D eigenvalue weighted by atomic mass is 14.4.